The molecule has 0 saturated carbocycles. The second-order valence-corrected chi connectivity index (χ2v) is 7.70. The lowest BCUT2D eigenvalue weighted by Gasteiger charge is -2.17. The zero-order chi connectivity index (χ0) is 21.6. The topological polar surface area (TPSA) is 70.7 Å². The molecule has 1 fully saturated rings. The molecule has 0 radical (unpaired) electrons. The van der Waals surface area contributed by atoms with Crippen molar-refractivity contribution in [2.45, 2.75) is 13.0 Å². The molecule has 0 aromatic heterocycles. The Labute approximate surface area is 185 Å². The Kier molecular flexibility index (Phi) is 6.38. The van der Waals surface area contributed by atoms with Gasteiger partial charge in [-0.05, 0) is 42.0 Å². The first kappa shape index (κ1) is 20.8. The molecular weight excluding hydrogens is 414 g/mol. The number of hydrazine groups is 1. The van der Waals surface area contributed by atoms with Gasteiger partial charge in [0.15, 0.2) is 0 Å². The Balaban J connectivity index is 1.34. The van der Waals surface area contributed by atoms with Crippen molar-refractivity contribution in [3.63, 3.8) is 0 Å². The molecule has 1 aliphatic rings. The minimum absolute atomic E-state index is 0.0574. The van der Waals surface area contributed by atoms with Crippen LogP contribution in [0.3, 0.4) is 0 Å². The molecule has 2 N–H and O–H groups in total. The first-order valence-electron chi connectivity index (χ1n) is 9.98. The summed E-state index contributed by atoms with van der Waals surface area (Å²) < 4.78 is 5.89. The largest absolute Gasteiger partial charge is 0.487 e. The van der Waals surface area contributed by atoms with E-state index in [0.717, 1.165) is 11.3 Å². The predicted molar refractivity (Wildman–Crippen MR) is 121 cm³/mol. The molecule has 7 heteroatoms. The van der Waals surface area contributed by atoms with Crippen LogP contribution in [0.1, 0.15) is 12.0 Å². The average Bonchev–Trinajstić information content (AvgIpc) is 3.20. The summed E-state index contributed by atoms with van der Waals surface area (Å²) in [5.74, 6) is -0.120. The zero-order valence-electron chi connectivity index (χ0n) is 16.8. The fraction of sp³-hybridized carbons (Fsp3) is 0.167. The maximum atomic E-state index is 12.7. The van der Waals surface area contributed by atoms with Crippen molar-refractivity contribution in [2.75, 3.05) is 16.9 Å². The molecule has 0 bridgehead atoms. The highest BCUT2D eigenvalue weighted by Crippen LogP contribution is 2.26. The van der Waals surface area contributed by atoms with Crippen molar-refractivity contribution in [2.24, 2.45) is 5.92 Å². The zero-order valence-corrected chi connectivity index (χ0v) is 17.5. The van der Waals surface area contributed by atoms with Gasteiger partial charge in [0.05, 0.1) is 11.6 Å². The van der Waals surface area contributed by atoms with Crippen molar-refractivity contribution in [3.8, 4) is 5.75 Å². The maximum absolute atomic E-state index is 12.7. The molecule has 31 heavy (non-hydrogen) atoms. The second kappa shape index (κ2) is 9.53. The van der Waals surface area contributed by atoms with Crippen LogP contribution in [0.4, 0.5) is 11.4 Å². The summed E-state index contributed by atoms with van der Waals surface area (Å²) in [4.78, 5) is 26.7. The summed E-state index contributed by atoms with van der Waals surface area (Å²) in [6.07, 6.45) is 0.178. The predicted octanol–water partition coefficient (Wildman–Crippen LogP) is 4.42. The van der Waals surface area contributed by atoms with Gasteiger partial charge in [-0.3, -0.25) is 20.4 Å². The first-order valence-corrected chi connectivity index (χ1v) is 10.4. The number of anilines is 2. The standard InChI is InChI=1S/C24H22ClN3O3/c25-19-12-10-17(11-13-19)16-31-22-9-5-4-8-21(22)26-27-24(30)18-14-23(29)28(15-18)20-6-2-1-3-7-20/h1-13,18,26H,14-16H2,(H,27,30)/t18-/m1/s1. The Hall–Kier alpha value is -3.51. The van der Waals surface area contributed by atoms with Crippen LogP contribution < -0.4 is 20.5 Å². The summed E-state index contributed by atoms with van der Waals surface area (Å²) in [5, 5.41) is 0.671. The van der Waals surface area contributed by atoms with E-state index in [1.165, 1.54) is 0 Å². The van der Waals surface area contributed by atoms with E-state index in [4.69, 9.17) is 16.3 Å². The molecule has 3 aromatic rings. The Morgan fingerprint density at radius 3 is 2.48 bits per heavy atom. The Morgan fingerprint density at radius 2 is 1.71 bits per heavy atom. The number of carbonyl (C=O) groups excluding carboxylic acids is 2. The summed E-state index contributed by atoms with van der Waals surface area (Å²) in [6.45, 7) is 0.720. The smallest absolute Gasteiger partial charge is 0.243 e. The second-order valence-electron chi connectivity index (χ2n) is 7.27. The van der Waals surface area contributed by atoms with Crippen molar-refractivity contribution < 1.29 is 14.3 Å². The lowest BCUT2D eigenvalue weighted by atomic mass is 10.1. The molecule has 0 unspecified atom stereocenters. The van der Waals surface area contributed by atoms with E-state index in [0.29, 0.717) is 29.6 Å². The number of benzene rings is 3. The normalized spacial score (nSPS) is 15.6. The summed E-state index contributed by atoms with van der Waals surface area (Å²) in [6, 6.07) is 24.1. The van der Waals surface area contributed by atoms with Gasteiger partial charge in [-0.2, -0.15) is 0 Å². The number of amides is 2. The van der Waals surface area contributed by atoms with Gasteiger partial charge in [0.2, 0.25) is 11.8 Å². The lowest BCUT2D eigenvalue weighted by molar-refractivity contribution is -0.125. The molecule has 0 aliphatic carbocycles. The first-order chi connectivity index (χ1) is 15.1. The molecule has 3 aromatic carbocycles. The molecule has 2 amide bonds. The van der Waals surface area contributed by atoms with Crippen LogP contribution in [0.15, 0.2) is 78.9 Å². The van der Waals surface area contributed by atoms with Gasteiger partial charge >= 0.3 is 0 Å². The van der Waals surface area contributed by atoms with E-state index < -0.39 is 5.92 Å². The molecule has 1 saturated heterocycles. The lowest BCUT2D eigenvalue weighted by Crippen LogP contribution is -2.36. The quantitative estimate of drug-likeness (QED) is 0.539. The van der Waals surface area contributed by atoms with E-state index in [1.807, 2.05) is 78.9 Å². The van der Waals surface area contributed by atoms with E-state index in [-0.39, 0.29) is 18.2 Å². The van der Waals surface area contributed by atoms with Gasteiger partial charge in [-0.25, -0.2) is 0 Å². The summed E-state index contributed by atoms with van der Waals surface area (Å²) in [7, 11) is 0. The number of halogens is 1. The van der Waals surface area contributed by atoms with Crippen LogP contribution in [0, 0.1) is 5.92 Å². The third-order valence-corrected chi connectivity index (χ3v) is 5.33. The van der Waals surface area contributed by atoms with Crippen LogP contribution in [-0.2, 0) is 16.2 Å². The average molecular weight is 436 g/mol. The van der Waals surface area contributed by atoms with Crippen LogP contribution in [0.25, 0.3) is 0 Å². The number of para-hydroxylation sites is 3. The number of nitrogens with zero attached hydrogens (tertiary/aromatic N) is 1. The van der Waals surface area contributed by atoms with Crippen molar-refractivity contribution in [3.05, 3.63) is 89.4 Å². The van der Waals surface area contributed by atoms with E-state index >= 15 is 0 Å². The number of rotatable bonds is 7. The van der Waals surface area contributed by atoms with Gasteiger partial charge in [0.25, 0.3) is 0 Å². The van der Waals surface area contributed by atoms with Crippen molar-refractivity contribution >= 4 is 34.8 Å². The molecule has 1 atom stereocenters. The van der Waals surface area contributed by atoms with Gasteiger partial charge in [-0.1, -0.05) is 54.1 Å². The highest BCUT2D eigenvalue weighted by molar-refractivity contribution is 6.30. The van der Waals surface area contributed by atoms with Gasteiger partial charge in [0.1, 0.15) is 12.4 Å². The fourth-order valence-electron chi connectivity index (χ4n) is 3.41. The molecule has 0 spiro atoms. The SMILES string of the molecule is O=C(NNc1ccccc1OCc1ccc(Cl)cc1)[C@@H]1CC(=O)N(c2ccccc2)C1. The van der Waals surface area contributed by atoms with Gasteiger partial charge < -0.3 is 9.64 Å². The van der Waals surface area contributed by atoms with Crippen LogP contribution in [-0.4, -0.2) is 18.4 Å². The van der Waals surface area contributed by atoms with Crippen LogP contribution in [0.2, 0.25) is 5.02 Å². The highest BCUT2D eigenvalue weighted by atomic mass is 35.5. The van der Waals surface area contributed by atoms with Crippen molar-refractivity contribution in [1.82, 2.24) is 5.43 Å². The number of carbonyl (C=O) groups is 2. The molecule has 6 nitrogen and oxygen atoms in total. The number of hydrogen-bond donors (Lipinski definition) is 2. The minimum atomic E-state index is -0.428. The molecule has 158 valence electrons. The number of hydrogen-bond acceptors (Lipinski definition) is 4. The minimum Gasteiger partial charge on any atom is -0.487 e. The molecule has 1 aliphatic heterocycles. The van der Waals surface area contributed by atoms with Gasteiger partial charge in [0, 0.05) is 23.7 Å². The maximum Gasteiger partial charge on any atom is 0.243 e. The molecule has 1 heterocycles. The number of ether oxygens (including phenoxy) is 1. The van der Waals surface area contributed by atoms with Crippen molar-refractivity contribution in [1.29, 1.82) is 0 Å². The summed E-state index contributed by atoms with van der Waals surface area (Å²) >= 11 is 5.92. The third-order valence-electron chi connectivity index (χ3n) is 5.08. The fourth-order valence-corrected chi connectivity index (χ4v) is 3.54. The monoisotopic (exact) mass is 435 g/mol. The van der Waals surface area contributed by atoms with E-state index in [9.17, 15) is 9.59 Å². The highest BCUT2D eigenvalue weighted by Gasteiger charge is 2.35. The Morgan fingerprint density at radius 1 is 1.00 bits per heavy atom. The Bertz CT molecular complexity index is 1060. The summed E-state index contributed by atoms with van der Waals surface area (Å²) in [5.41, 5.74) is 8.06. The third kappa shape index (κ3) is 5.16. The van der Waals surface area contributed by atoms with Crippen LogP contribution >= 0.6 is 11.6 Å². The molecular formula is C24H22ClN3O3. The van der Waals surface area contributed by atoms with Crippen LogP contribution in [0.5, 0.6) is 5.75 Å². The molecule has 4 rings (SSSR count). The van der Waals surface area contributed by atoms with Gasteiger partial charge in [-0.15, -0.1) is 0 Å². The van der Waals surface area contributed by atoms with E-state index in [2.05, 4.69) is 10.9 Å². The number of nitrogens with one attached hydrogen (secondary N) is 2. The van der Waals surface area contributed by atoms with E-state index in [1.54, 1.807) is 4.90 Å².